The molecule has 0 saturated carbocycles. The van der Waals surface area contributed by atoms with Gasteiger partial charge in [-0.25, -0.2) is 4.79 Å². The average molecular weight is 422 g/mol. The van der Waals surface area contributed by atoms with E-state index in [1.807, 2.05) is 42.5 Å². The predicted molar refractivity (Wildman–Crippen MR) is 118 cm³/mol. The molecule has 0 heterocycles. The molecule has 154 valence electrons. The van der Waals surface area contributed by atoms with E-state index >= 15 is 0 Å². The third-order valence-electron chi connectivity index (χ3n) is 4.49. The molecular weight excluding hydrogens is 398 g/mol. The number of benzene rings is 3. The number of esters is 1. The Balaban J connectivity index is 1.58. The second-order valence-corrected chi connectivity index (χ2v) is 7.56. The number of rotatable bonds is 8. The van der Waals surface area contributed by atoms with Gasteiger partial charge in [0.25, 0.3) is 5.91 Å². The van der Waals surface area contributed by atoms with E-state index in [1.165, 1.54) is 19.8 Å². The summed E-state index contributed by atoms with van der Waals surface area (Å²) >= 11 is 1.73. The van der Waals surface area contributed by atoms with Crippen LogP contribution in [0.5, 0.6) is 5.75 Å². The minimum Gasteiger partial charge on any atom is -0.496 e. The van der Waals surface area contributed by atoms with Crippen molar-refractivity contribution in [3.05, 3.63) is 95.1 Å². The van der Waals surface area contributed by atoms with Crippen LogP contribution in [0.2, 0.25) is 0 Å². The SMILES string of the molecule is COC(=O)c1cc(CNC(=O)c2ccc(SCc3ccccc3)cc2)ccc1OC. The Labute approximate surface area is 180 Å². The van der Waals surface area contributed by atoms with Crippen molar-refractivity contribution < 1.29 is 19.1 Å². The molecule has 3 aromatic rings. The third kappa shape index (κ3) is 5.64. The van der Waals surface area contributed by atoms with Gasteiger partial charge in [-0.15, -0.1) is 11.8 Å². The Kier molecular flexibility index (Phi) is 7.51. The fourth-order valence-electron chi connectivity index (χ4n) is 2.86. The minimum atomic E-state index is -0.483. The van der Waals surface area contributed by atoms with Crippen molar-refractivity contribution in [2.24, 2.45) is 0 Å². The van der Waals surface area contributed by atoms with Gasteiger partial charge in [-0.3, -0.25) is 4.79 Å². The molecule has 6 heteroatoms. The molecule has 0 fully saturated rings. The van der Waals surface area contributed by atoms with Gasteiger partial charge in [-0.05, 0) is 47.5 Å². The molecule has 0 aliphatic carbocycles. The van der Waals surface area contributed by atoms with Crippen LogP contribution < -0.4 is 10.1 Å². The van der Waals surface area contributed by atoms with Gasteiger partial charge in [0.1, 0.15) is 11.3 Å². The Hall–Kier alpha value is -3.25. The Morgan fingerprint density at radius 2 is 1.63 bits per heavy atom. The van der Waals surface area contributed by atoms with Crippen molar-refractivity contribution in [2.45, 2.75) is 17.2 Å². The van der Waals surface area contributed by atoms with Crippen molar-refractivity contribution in [1.29, 1.82) is 0 Å². The number of carbonyl (C=O) groups excluding carboxylic acids is 2. The van der Waals surface area contributed by atoms with Crippen molar-refractivity contribution in [3.63, 3.8) is 0 Å². The van der Waals surface area contributed by atoms with E-state index in [0.29, 0.717) is 16.9 Å². The first kappa shape index (κ1) is 21.5. The summed E-state index contributed by atoms with van der Waals surface area (Å²) in [5.41, 5.74) is 2.95. The molecule has 0 aliphatic heterocycles. The van der Waals surface area contributed by atoms with Gasteiger partial charge in [-0.2, -0.15) is 0 Å². The molecule has 0 bridgehead atoms. The predicted octanol–water partition coefficient (Wildman–Crippen LogP) is 4.70. The maximum Gasteiger partial charge on any atom is 0.341 e. The van der Waals surface area contributed by atoms with E-state index in [-0.39, 0.29) is 12.5 Å². The molecule has 0 unspecified atom stereocenters. The number of thioether (sulfide) groups is 1. The van der Waals surface area contributed by atoms with Gasteiger partial charge in [0.15, 0.2) is 0 Å². The standard InChI is InChI=1S/C24H23NO4S/c1-28-22-13-8-18(14-21(22)24(27)29-2)15-25-23(26)19-9-11-20(12-10-19)30-16-17-6-4-3-5-7-17/h3-14H,15-16H2,1-2H3,(H,25,26). The zero-order valence-electron chi connectivity index (χ0n) is 16.9. The van der Waals surface area contributed by atoms with Gasteiger partial charge >= 0.3 is 5.97 Å². The fraction of sp³-hybridized carbons (Fsp3) is 0.167. The first-order valence-electron chi connectivity index (χ1n) is 9.41. The van der Waals surface area contributed by atoms with Crippen LogP contribution in [0.4, 0.5) is 0 Å². The highest BCUT2D eigenvalue weighted by Crippen LogP contribution is 2.23. The molecular formula is C24H23NO4S. The summed E-state index contributed by atoms with van der Waals surface area (Å²) in [6.45, 7) is 0.289. The molecule has 30 heavy (non-hydrogen) atoms. The minimum absolute atomic E-state index is 0.176. The zero-order valence-corrected chi connectivity index (χ0v) is 17.7. The van der Waals surface area contributed by atoms with Crippen LogP contribution >= 0.6 is 11.8 Å². The summed E-state index contributed by atoms with van der Waals surface area (Å²) < 4.78 is 9.97. The Morgan fingerprint density at radius 1 is 0.900 bits per heavy atom. The number of carbonyl (C=O) groups is 2. The largest absolute Gasteiger partial charge is 0.496 e. The van der Waals surface area contributed by atoms with Crippen LogP contribution in [0.25, 0.3) is 0 Å². The molecule has 3 aromatic carbocycles. The lowest BCUT2D eigenvalue weighted by atomic mass is 10.1. The topological polar surface area (TPSA) is 64.6 Å². The fourth-order valence-corrected chi connectivity index (χ4v) is 3.72. The summed E-state index contributed by atoms with van der Waals surface area (Å²) in [5.74, 6) is 0.654. The lowest BCUT2D eigenvalue weighted by Gasteiger charge is -2.10. The molecule has 0 saturated heterocycles. The van der Waals surface area contributed by atoms with Crippen LogP contribution in [0, 0.1) is 0 Å². The highest BCUT2D eigenvalue weighted by molar-refractivity contribution is 7.98. The molecule has 1 amide bonds. The number of hydrogen-bond acceptors (Lipinski definition) is 5. The van der Waals surface area contributed by atoms with E-state index in [9.17, 15) is 9.59 Å². The number of methoxy groups -OCH3 is 2. The molecule has 0 radical (unpaired) electrons. The van der Waals surface area contributed by atoms with Crippen molar-refractivity contribution in [3.8, 4) is 5.75 Å². The van der Waals surface area contributed by atoms with E-state index in [1.54, 1.807) is 30.0 Å². The van der Waals surface area contributed by atoms with Crippen LogP contribution in [0.1, 0.15) is 31.8 Å². The Bertz CT molecular complexity index is 1000. The maximum absolute atomic E-state index is 12.5. The van der Waals surface area contributed by atoms with Gasteiger partial charge in [0.2, 0.25) is 0 Å². The van der Waals surface area contributed by atoms with E-state index in [4.69, 9.17) is 9.47 Å². The highest BCUT2D eigenvalue weighted by Gasteiger charge is 2.14. The second kappa shape index (κ2) is 10.5. The van der Waals surface area contributed by atoms with Crippen LogP contribution in [-0.2, 0) is 17.0 Å². The van der Waals surface area contributed by atoms with Crippen LogP contribution in [0.3, 0.4) is 0 Å². The van der Waals surface area contributed by atoms with Crippen LogP contribution in [0.15, 0.2) is 77.7 Å². The van der Waals surface area contributed by atoms with Crippen LogP contribution in [-0.4, -0.2) is 26.1 Å². The molecule has 0 atom stereocenters. The smallest absolute Gasteiger partial charge is 0.341 e. The number of amides is 1. The van der Waals surface area contributed by atoms with E-state index in [2.05, 4.69) is 17.4 Å². The first-order valence-corrected chi connectivity index (χ1v) is 10.4. The van der Waals surface area contributed by atoms with Gasteiger partial charge in [0.05, 0.1) is 14.2 Å². The van der Waals surface area contributed by atoms with Crippen molar-refractivity contribution >= 4 is 23.6 Å². The quantitative estimate of drug-likeness (QED) is 0.422. The number of hydrogen-bond donors (Lipinski definition) is 1. The lowest BCUT2D eigenvalue weighted by molar-refractivity contribution is 0.0597. The average Bonchev–Trinajstić information content (AvgIpc) is 2.81. The third-order valence-corrected chi connectivity index (χ3v) is 5.57. The van der Waals surface area contributed by atoms with E-state index in [0.717, 1.165) is 16.2 Å². The zero-order chi connectivity index (χ0) is 21.3. The molecule has 1 N–H and O–H groups in total. The van der Waals surface area contributed by atoms with Crippen molar-refractivity contribution in [1.82, 2.24) is 5.32 Å². The normalized spacial score (nSPS) is 10.3. The second-order valence-electron chi connectivity index (χ2n) is 6.51. The molecule has 5 nitrogen and oxygen atoms in total. The lowest BCUT2D eigenvalue weighted by Crippen LogP contribution is -2.23. The molecule has 3 rings (SSSR count). The monoisotopic (exact) mass is 421 g/mol. The first-order chi connectivity index (χ1) is 14.6. The van der Waals surface area contributed by atoms with Gasteiger partial charge in [-0.1, -0.05) is 36.4 Å². The van der Waals surface area contributed by atoms with E-state index < -0.39 is 5.97 Å². The summed E-state index contributed by atoms with van der Waals surface area (Å²) in [7, 11) is 2.81. The number of ether oxygens (including phenoxy) is 2. The summed E-state index contributed by atoms with van der Waals surface area (Å²) in [4.78, 5) is 25.5. The van der Waals surface area contributed by atoms with Crippen molar-refractivity contribution in [2.75, 3.05) is 14.2 Å². The summed E-state index contributed by atoms with van der Waals surface area (Å²) in [5, 5.41) is 2.88. The number of nitrogens with one attached hydrogen (secondary N) is 1. The van der Waals surface area contributed by atoms with Gasteiger partial charge in [0, 0.05) is 22.8 Å². The summed E-state index contributed by atoms with van der Waals surface area (Å²) in [6, 6.07) is 22.9. The summed E-state index contributed by atoms with van der Waals surface area (Å²) in [6.07, 6.45) is 0. The maximum atomic E-state index is 12.5. The molecule has 0 aliphatic rings. The highest BCUT2D eigenvalue weighted by atomic mass is 32.2. The molecule has 0 spiro atoms. The Morgan fingerprint density at radius 3 is 2.30 bits per heavy atom. The molecule has 0 aromatic heterocycles. The van der Waals surface area contributed by atoms with Gasteiger partial charge < -0.3 is 14.8 Å².